The second kappa shape index (κ2) is 4.85. The molecule has 0 radical (unpaired) electrons. The van der Waals surface area contributed by atoms with Crippen LogP contribution in [0.25, 0.3) is 10.6 Å². The van der Waals surface area contributed by atoms with E-state index in [0.717, 1.165) is 29.5 Å². The molecule has 0 saturated carbocycles. The van der Waals surface area contributed by atoms with Gasteiger partial charge >= 0.3 is 5.97 Å². The molecule has 0 aliphatic heterocycles. The van der Waals surface area contributed by atoms with Gasteiger partial charge in [0.05, 0.1) is 0 Å². The van der Waals surface area contributed by atoms with Crippen molar-refractivity contribution in [1.29, 1.82) is 0 Å². The number of benzene rings is 1. The molecule has 2 aromatic rings. The van der Waals surface area contributed by atoms with E-state index in [1.165, 1.54) is 6.92 Å². The molecular weight excluding hydrogens is 276 g/mol. The zero-order chi connectivity index (χ0) is 14.2. The highest BCUT2D eigenvalue weighted by Crippen LogP contribution is 2.30. The van der Waals surface area contributed by atoms with E-state index in [4.69, 9.17) is 5.11 Å². The third-order valence-corrected chi connectivity index (χ3v) is 3.50. The number of thiazole rings is 1. The average molecular weight is 283 g/mol. The van der Waals surface area contributed by atoms with Gasteiger partial charge in [-0.15, -0.1) is 11.3 Å². The molecular formula is C12H7F2NO3S. The van der Waals surface area contributed by atoms with Gasteiger partial charge in [-0.05, 0) is 18.2 Å². The average Bonchev–Trinajstić information content (AvgIpc) is 2.77. The summed E-state index contributed by atoms with van der Waals surface area (Å²) in [5.74, 6) is -3.28. The van der Waals surface area contributed by atoms with Crippen LogP contribution in [0.5, 0.6) is 0 Å². The van der Waals surface area contributed by atoms with Gasteiger partial charge in [-0.2, -0.15) is 0 Å². The van der Waals surface area contributed by atoms with Gasteiger partial charge in [-0.1, -0.05) is 0 Å². The maximum atomic E-state index is 13.6. The molecule has 0 unspecified atom stereocenters. The molecule has 4 nitrogen and oxygen atoms in total. The molecule has 2 rings (SSSR count). The van der Waals surface area contributed by atoms with E-state index in [1.54, 1.807) is 0 Å². The third-order valence-electron chi connectivity index (χ3n) is 2.31. The normalized spacial score (nSPS) is 10.5. The van der Waals surface area contributed by atoms with Crippen molar-refractivity contribution in [2.75, 3.05) is 0 Å². The summed E-state index contributed by atoms with van der Waals surface area (Å²) in [6.45, 7) is 1.19. The quantitative estimate of drug-likeness (QED) is 0.879. The van der Waals surface area contributed by atoms with Crippen molar-refractivity contribution >= 4 is 23.1 Å². The number of aromatic nitrogens is 1. The van der Waals surface area contributed by atoms with E-state index in [-0.39, 0.29) is 15.4 Å². The van der Waals surface area contributed by atoms with E-state index >= 15 is 0 Å². The number of hydrogen-bond acceptors (Lipinski definition) is 4. The van der Waals surface area contributed by atoms with Crippen LogP contribution in [0.1, 0.15) is 27.1 Å². The molecule has 98 valence electrons. The van der Waals surface area contributed by atoms with E-state index in [1.807, 2.05) is 0 Å². The minimum atomic E-state index is -1.38. The minimum Gasteiger partial charge on any atom is -0.476 e. The van der Waals surface area contributed by atoms with Gasteiger partial charge in [-0.3, -0.25) is 4.79 Å². The number of ketones is 1. The lowest BCUT2D eigenvalue weighted by molar-refractivity contribution is 0.0687. The van der Waals surface area contributed by atoms with E-state index < -0.39 is 29.1 Å². The van der Waals surface area contributed by atoms with E-state index in [0.29, 0.717) is 0 Å². The molecule has 0 atom stereocenters. The number of rotatable bonds is 3. The first-order valence-corrected chi connectivity index (χ1v) is 5.92. The number of carbonyl (C=O) groups is 2. The highest BCUT2D eigenvalue weighted by molar-refractivity contribution is 7.17. The van der Waals surface area contributed by atoms with Gasteiger partial charge in [0.2, 0.25) is 0 Å². The Bertz CT molecular complexity index is 650. The number of aromatic carboxylic acids is 1. The van der Waals surface area contributed by atoms with Crippen LogP contribution in [0.2, 0.25) is 0 Å². The second-order valence-corrected chi connectivity index (χ2v) is 4.68. The molecule has 1 aromatic carbocycles. The summed E-state index contributed by atoms with van der Waals surface area (Å²) < 4.78 is 26.7. The molecule has 0 saturated heterocycles. The first-order valence-electron chi connectivity index (χ1n) is 5.10. The van der Waals surface area contributed by atoms with Crippen molar-refractivity contribution in [3.63, 3.8) is 0 Å². The fourth-order valence-electron chi connectivity index (χ4n) is 1.48. The fourth-order valence-corrected chi connectivity index (χ4v) is 2.45. The summed E-state index contributed by atoms with van der Waals surface area (Å²) >= 11 is 0.724. The van der Waals surface area contributed by atoms with Gasteiger partial charge in [0, 0.05) is 12.5 Å². The number of hydrogen-bond donors (Lipinski definition) is 1. The Morgan fingerprint density at radius 1 is 1.32 bits per heavy atom. The third kappa shape index (κ3) is 2.50. The molecule has 0 aliphatic carbocycles. The topological polar surface area (TPSA) is 67.3 Å². The van der Waals surface area contributed by atoms with E-state index in [9.17, 15) is 18.4 Å². The van der Waals surface area contributed by atoms with Crippen LogP contribution in [0, 0.1) is 11.6 Å². The number of carboxylic acid groups (broad SMARTS) is 1. The largest absolute Gasteiger partial charge is 0.476 e. The summed E-state index contributed by atoms with van der Waals surface area (Å²) in [4.78, 5) is 25.9. The maximum absolute atomic E-state index is 13.6. The molecule has 0 fully saturated rings. The Labute approximate surface area is 110 Å². The standard InChI is InChI=1S/C12H7F2NO3S/c1-5(16)10-9(12(17)18)15-11(19-10)7-4-6(13)2-3-8(7)14/h2-4H,1H3,(H,17,18). The molecule has 0 amide bonds. The first-order chi connectivity index (χ1) is 8.90. The smallest absolute Gasteiger partial charge is 0.356 e. The van der Waals surface area contributed by atoms with Crippen LogP contribution >= 0.6 is 11.3 Å². The molecule has 19 heavy (non-hydrogen) atoms. The lowest BCUT2D eigenvalue weighted by atomic mass is 10.2. The van der Waals surface area contributed by atoms with Crippen LogP contribution in [-0.4, -0.2) is 21.8 Å². The highest BCUT2D eigenvalue weighted by Gasteiger charge is 2.22. The fraction of sp³-hybridized carbons (Fsp3) is 0.0833. The number of halogens is 2. The van der Waals surface area contributed by atoms with Crippen LogP contribution < -0.4 is 0 Å². The summed E-state index contributed by atoms with van der Waals surface area (Å²) in [5, 5.41) is 8.88. The lowest BCUT2D eigenvalue weighted by Crippen LogP contribution is -2.03. The summed E-state index contributed by atoms with van der Waals surface area (Å²) in [6.07, 6.45) is 0. The van der Waals surface area contributed by atoms with Crippen LogP contribution in [-0.2, 0) is 0 Å². The van der Waals surface area contributed by atoms with Gasteiger partial charge < -0.3 is 5.11 Å². The first kappa shape index (κ1) is 13.3. The molecule has 7 heteroatoms. The predicted octanol–water partition coefficient (Wildman–Crippen LogP) is 2.99. The molecule has 0 aliphatic rings. The maximum Gasteiger partial charge on any atom is 0.356 e. The highest BCUT2D eigenvalue weighted by atomic mass is 32.1. The number of carbonyl (C=O) groups excluding carboxylic acids is 1. The summed E-state index contributed by atoms with van der Waals surface area (Å²) in [6, 6.07) is 2.76. The Kier molecular flexibility index (Phi) is 3.39. The van der Waals surface area contributed by atoms with Gasteiger partial charge in [0.25, 0.3) is 0 Å². The molecule has 1 N–H and O–H groups in total. The van der Waals surface area contributed by atoms with Gasteiger partial charge in [0.15, 0.2) is 11.5 Å². The number of carboxylic acids is 1. The Morgan fingerprint density at radius 2 is 2.00 bits per heavy atom. The Balaban J connectivity index is 2.64. The lowest BCUT2D eigenvalue weighted by Gasteiger charge is -1.98. The minimum absolute atomic E-state index is 0.0420. The van der Waals surface area contributed by atoms with Gasteiger partial charge in [-0.25, -0.2) is 18.6 Å². The Hall–Kier alpha value is -2.15. The van der Waals surface area contributed by atoms with Crippen molar-refractivity contribution in [2.24, 2.45) is 0 Å². The van der Waals surface area contributed by atoms with Crippen LogP contribution in [0.15, 0.2) is 18.2 Å². The van der Waals surface area contributed by atoms with Crippen molar-refractivity contribution in [3.8, 4) is 10.6 Å². The van der Waals surface area contributed by atoms with E-state index in [2.05, 4.69) is 4.98 Å². The second-order valence-electron chi connectivity index (χ2n) is 3.68. The van der Waals surface area contributed by atoms with Crippen molar-refractivity contribution in [2.45, 2.75) is 6.92 Å². The van der Waals surface area contributed by atoms with Gasteiger partial charge in [0.1, 0.15) is 21.5 Å². The van der Waals surface area contributed by atoms with Crippen molar-refractivity contribution in [3.05, 3.63) is 40.4 Å². The predicted molar refractivity (Wildman–Crippen MR) is 64.4 cm³/mol. The zero-order valence-corrected chi connectivity index (χ0v) is 10.4. The SMILES string of the molecule is CC(=O)c1sc(-c2cc(F)ccc2F)nc1C(=O)O. The van der Waals surface area contributed by atoms with Crippen molar-refractivity contribution in [1.82, 2.24) is 4.98 Å². The molecule has 1 aromatic heterocycles. The molecule has 1 heterocycles. The van der Waals surface area contributed by atoms with Crippen LogP contribution in [0.3, 0.4) is 0 Å². The number of Topliss-reactive ketones (excluding diaryl/α,β-unsaturated/α-hetero) is 1. The molecule has 0 spiro atoms. The summed E-state index contributed by atoms with van der Waals surface area (Å²) in [7, 11) is 0. The summed E-state index contributed by atoms with van der Waals surface area (Å²) in [5.41, 5.74) is -0.615. The van der Waals surface area contributed by atoms with Crippen molar-refractivity contribution < 1.29 is 23.5 Å². The Morgan fingerprint density at radius 3 is 2.53 bits per heavy atom. The van der Waals surface area contributed by atoms with Crippen LogP contribution in [0.4, 0.5) is 8.78 Å². The zero-order valence-electron chi connectivity index (χ0n) is 9.61. The number of nitrogens with zero attached hydrogens (tertiary/aromatic N) is 1. The monoisotopic (exact) mass is 283 g/mol. The molecule has 0 bridgehead atoms.